The van der Waals surface area contributed by atoms with Gasteiger partial charge in [0.25, 0.3) is 0 Å². The van der Waals surface area contributed by atoms with E-state index in [0.29, 0.717) is 48.0 Å². The van der Waals surface area contributed by atoms with Crippen molar-refractivity contribution in [1.82, 2.24) is 14.3 Å². The number of fused-ring (bicyclic) bond motifs is 1. The monoisotopic (exact) mass is 541 g/mol. The van der Waals surface area contributed by atoms with E-state index in [0.717, 1.165) is 11.9 Å². The number of aliphatic hydroxyl groups excluding tert-OH is 1. The van der Waals surface area contributed by atoms with E-state index in [1.165, 1.54) is 19.2 Å². The van der Waals surface area contributed by atoms with Crippen LogP contribution in [-0.4, -0.2) is 86.2 Å². The summed E-state index contributed by atoms with van der Waals surface area (Å²) in [5, 5.41) is 15.6. The number of sulfone groups is 1. The number of imidazole rings is 1. The third-order valence-corrected chi connectivity index (χ3v) is 7.55. The van der Waals surface area contributed by atoms with Gasteiger partial charge in [-0.05, 0) is 42.7 Å². The first kappa shape index (κ1) is 27.4. The minimum atomic E-state index is -3.35. The molecule has 3 heterocycles. The number of benzene rings is 1. The summed E-state index contributed by atoms with van der Waals surface area (Å²) in [5.74, 6) is 6.51. The van der Waals surface area contributed by atoms with E-state index in [-0.39, 0.29) is 30.6 Å². The second-order valence-electron chi connectivity index (χ2n) is 9.03. The molecule has 2 atom stereocenters. The largest absolute Gasteiger partial charge is 0.495 e. The molecule has 0 spiro atoms. The molecule has 1 aliphatic heterocycles. The highest BCUT2D eigenvalue weighted by Gasteiger charge is 2.29. The van der Waals surface area contributed by atoms with Crippen LogP contribution in [0.3, 0.4) is 0 Å². The van der Waals surface area contributed by atoms with E-state index >= 15 is 0 Å². The summed E-state index contributed by atoms with van der Waals surface area (Å²) in [6.07, 6.45) is 4.23. The number of nitrogens with one attached hydrogen (secondary N) is 2. The number of hydrogen-bond acceptors (Lipinski definition) is 8. The van der Waals surface area contributed by atoms with Crippen LogP contribution in [0.15, 0.2) is 48.0 Å². The second-order valence-corrected chi connectivity index (χ2v) is 11.1. The van der Waals surface area contributed by atoms with Crippen LogP contribution in [0.2, 0.25) is 0 Å². The predicted octanol–water partition coefficient (Wildman–Crippen LogP) is 2.67. The van der Waals surface area contributed by atoms with Gasteiger partial charge < -0.3 is 20.5 Å². The highest BCUT2D eigenvalue weighted by molar-refractivity contribution is 7.90. The van der Waals surface area contributed by atoms with E-state index < -0.39 is 16.0 Å². The second kappa shape index (κ2) is 11.9. The fourth-order valence-electron chi connectivity index (χ4n) is 4.48. The van der Waals surface area contributed by atoms with Gasteiger partial charge in [-0.2, -0.15) is 0 Å². The van der Waals surface area contributed by atoms with Crippen LogP contribution in [-0.2, 0) is 9.84 Å². The van der Waals surface area contributed by atoms with Crippen molar-refractivity contribution in [1.29, 1.82) is 0 Å². The lowest BCUT2D eigenvalue weighted by atomic mass is 10.0. The number of β-amino-alcohol motifs (C(OH)–C–C–N with tert-alkyl or cyclic N) is 1. The first-order valence-electron chi connectivity index (χ1n) is 12.2. The van der Waals surface area contributed by atoms with Crippen LogP contribution in [0, 0.1) is 11.8 Å². The van der Waals surface area contributed by atoms with E-state index in [1.54, 1.807) is 12.1 Å². The Morgan fingerprint density at radius 3 is 2.84 bits per heavy atom. The zero-order valence-corrected chi connectivity index (χ0v) is 22.3. The molecule has 0 amide bonds. The Morgan fingerprint density at radius 2 is 2.16 bits per heavy atom. The normalized spacial score (nSPS) is 18.0. The van der Waals surface area contributed by atoms with Crippen LogP contribution in [0.5, 0.6) is 5.75 Å². The average molecular weight is 542 g/mol. The number of piperidine rings is 1. The molecule has 1 aliphatic rings. The van der Waals surface area contributed by atoms with Crippen molar-refractivity contribution >= 4 is 32.9 Å². The van der Waals surface area contributed by atoms with Crippen molar-refractivity contribution in [3.8, 4) is 17.6 Å². The van der Waals surface area contributed by atoms with Gasteiger partial charge in [-0.15, -0.1) is 0 Å². The van der Waals surface area contributed by atoms with Gasteiger partial charge in [0.2, 0.25) is 0 Å². The topological polar surface area (TPSA) is 108 Å². The van der Waals surface area contributed by atoms with Crippen molar-refractivity contribution in [3.63, 3.8) is 0 Å². The number of aliphatic hydroxyl groups is 1. The minimum absolute atomic E-state index is 0.0187. The average Bonchev–Trinajstić information content (AvgIpc) is 3.26. The Bertz CT molecular complexity index is 1480. The zero-order valence-electron chi connectivity index (χ0n) is 21.4. The molecule has 1 fully saturated rings. The molecule has 2 aromatic heterocycles. The van der Waals surface area contributed by atoms with Crippen molar-refractivity contribution in [2.45, 2.75) is 23.5 Å². The highest BCUT2D eigenvalue weighted by Crippen LogP contribution is 2.28. The number of hydrogen-bond donors (Lipinski definition) is 3. The molecule has 38 heavy (non-hydrogen) atoms. The lowest BCUT2D eigenvalue weighted by Crippen LogP contribution is -2.48. The number of nitrogens with zero attached hydrogens (tertiary/aromatic N) is 3. The molecule has 0 unspecified atom stereocenters. The zero-order chi connectivity index (χ0) is 27.3. The Hall–Kier alpha value is -3.59. The van der Waals surface area contributed by atoms with Crippen LogP contribution < -0.4 is 15.4 Å². The first-order valence-corrected chi connectivity index (χ1v) is 14.1. The predicted molar refractivity (Wildman–Crippen MR) is 147 cm³/mol. The molecule has 0 radical (unpaired) electrons. The molecule has 3 N–H and O–H groups in total. The maximum Gasteiger partial charge on any atom is 0.175 e. The summed E-state index contributed by atoms with van der Waals surface area (Å²) in [7, 11) is -1.88. The highest BCUT2D eigenvalue weighted by atomic mass is 32.2. The lowest BCUT2D eigenvalue weighted by Gasteiger charge is -2.35. The molecular weight excluding hydrogens is 509 g/mol. The summed E-state index contributed by atoms with van der Waals surface area (Å²) < 4.78 is 45.6. The molecule has 1 aromatic carbocycles. The van der Waals surface area contributed by atoms with Gasteiger partial charge >= 0.3 is 0 Å². The van der Waals surface area contributed by atoms with Crippen LogP contribution in [0.25, 0.3) is 11.7 Å². The van der Waals surface area contributed by atoms with Crippen LogP contribution >= 0.6 is 0 Å². The Morgan fingerprint density at radius 1 is 1.34 bits per heavy atom. The van der Waals surface area contributed by atoms with Gasteiger partial charge in [0.05, 0.1) is 48.3 Å². The van der Waals surface area contributed by atoms with Gasteiger partial charge in [0, 0.05) is 38.2 Å². The summed E-state index contributed by atoms with van der Waals surface area (Å²) in [4.78, 5) is 6.80. The summed E-state index contributed by atoms with van der Waals surface area (Å²) in [5.41, 5.74) is 3.21. The maximum atomic E-state index is 14.8. The molecule has 9 nitrogen and oxygen atoms in total. The number of aromatic nitrogens is 2. The third kappa shape index (κ3) is 6.10. The maximum absolute atomic E-state index is 14.8. The van der Waals surface area contributed by atoms with E-state index in [9.17, 15) is 12.8 Å². The quantitative estimate of drug-likeness (QED) is 0.355. The molecule has 4 rings (SSSR count). The number of rotatable bonds is 9. The number of halogens is 1. The van der Waals surface area contributed by atoms with Crippen molar-refractivity contribution in [2.75, 3.05) is 56.8 Å². The Balaban J connectivity index is 1.51. The lowest BCUT2D eigenvalue weighted by molar-refractivity contribution is 0.107. The third-order valence-electron chi connectivity index (χ3n) is 6.44. The smallest absolute Gasteiger partial charge is 0.175 e. The van der Waals surface area contributed by atoms with Crippen LogP contribution in [0.1, 0.15) is 17.8 Å². The summed E-state index contributed by atoms with van der Waals surface area (Å²) >= 11 is 0. The van der Waals surface area contributed by atoms with Gasteiger partial charge in [0.1, 0.15) is 17.6 Å². The van der Waals surface area contributed by atoms with Gasteiger partial charge in [-0.1, -0.05) is 12.5 Å². The van der Waals surface area contributed by atoms with Gasteiger partial charge in [-0.25, -0.2) is 17.8 Å². The number of likely N-dealkylation sites (tertiary alicyclic amines) is 1. The van der Waals surface area contributed by atoms with E-state index in [2.05, 4.69) is 29.1 Å². The fraction of sp³-hybridized carbons (Fsp3) is 0.370. The summed E-state index contributed by atoms with van der Waals surface area (Å²) in [6.45, 7) is 5.65. The standard InChI is InChI=1S/C27H32FN5O4S/c1-4-25-22(7-5-12-29-23-10-9-19(38(3,35)36)17-26(23)37-2)31-27-24(8-6-13-33(25)27)30-21-11-14-32(15-16-34)18-20(21)28/h4,6,8-10,13,17,20-21,29-30,34H,1,11-12,14-16,18H2,2-3H3/t20-,21+/m0/s1. The molecule has 0 saturated carbocycles. The number of ether oxygens (including phenoxy) is 1. The molecule has 11 heteroatoms. The minimum Gasteiger partial charge on any atom is -0.495 e. The molecule has 0 bridgehead atoms. The molecule has 3 aromatic rings. The van der Waals surface area contributed by atoms with Crippen molar-refractivity contribution < 1.29 is 22.7 Å². The Kier molecular flexibility index (Phi) is 8.56. The molecule has 1 saturated heterocycles. The van der Waals surface area contributed by atoms with Crippen molar-refractivity contribution in [3.05, 3.63) is 54.5 Å². The molecule has 202 valence electrons. The SMILES string of the molecule is C=Cc1c(C#CCNc2ccc(S(C)(=O)=O)cc2OC)nc2c(N[C@@H]3CCN(CCO)C[C@@H]3F)cccn12. The molecular formula is C27H32FN5O4S. The van der Waals surface area contributed by atoms with Crippen LogP contribution in [0.4, 0.5) is 15.8 Å². The number of pyridine rings is 1. The molecule has 0 aliphatic carbocycles. The van der Waals surface area contributed by atoms with E-state index in [1.807, 2.05) is 27.6 Å². The number of anilines is 2. The first-order chi connectivity index (χ1) is 18.2. The number of alkyl halides is 1. The summed E-state index contributed by atoms with van der Waals surface area (Å²) in [6, 6.07) is 8.00. The van der Waals surface area contributed by atoms with Gasteiger partial charge in [-0.3, -0.25) is 9.30 Å². The van der Waals surface area contributed by atoms with Crippen molar-refractivity contribution in [2.24, 2.45) is 0 Å². The number of methoxy groups -OCH3 is 1. The Labute approximate surface area is 222 Å². The van der Waals surface area contributed by atoms with E-state index in [4.69, 9.17) is 14.8 Å². The fourth-order valence-corrected chi connectivity index (χ4v) is 5.11. The van der Waals surface area contributed by atoms with Gasteiger partial charge in [0.15, 0.2) is 15.5 Å².